The highest BCUT2D eigenvalue weighted by atomic mass is 19.3. The Labute approximate surface area is 144 Å². The summed E-state index contributed by atoms with van der Waals surface area (Å²) in [6.07, 6.45) is 3.18. The summed E-state index contributed by atoms with van der Waals surface area (Å²) in [5.74, 6) is -0.498. The van der Waals surface area contributed by atoms with Gasteiger partial charge in [-0.15, -0.1) is 0 Å². The second-order valence-electron chi connectivity index (χ2n) is 7.14. The third kappa shape index (κ3) is 4.08. The van der Waals surface area contributed by atoms with E-state index in [2.05, 4.69) is 0 Å². The first-order valence-corrected chi connectivity index (χ1v) is 9.17. The van der Waals surface area contributed by atoms with Crippen LogP contribution in [0, 0.1) is 11.8 Å². The van der Waals surface area contributed by atoms with E-state index in [0.29, 0.717) is 11.3 Å². The zero-order chi connectivity index (χ0) is 17.7. The summed E-state index contributed by atoms with van der Waals surface area (Å²) in [6, 6.07) is 7.08. The quantitative estimate of drug-likeness (QED) is 0.707. The summed E-state index contributed by atoms with van der Waals surface area (Å²) >= 11 is 0. The molecule has 0 aliphatic heterocycles. The second-order valence-corrected chi connectivity index (χ2v) is 7.14. The average Bonchev–Trinajstić information content (AvgIpc) is 2.61. The summed E-state index contributed by atoms with van der Waals surface area (Å²) in [5.41, 5.74) is -0.901. The van der Waals surface area contributed by atoms with Gasteiger partial charge in [0.1, 0.15) is 11.4 Å². The van der Waals surface area contributed by atoms with E-state index in [9.17, 15) is 13.9 Å². The summed E-state index contributed by atoms with van der Waals surface area (Å²) in [7, 11) is 0. The van der Waals surface area contributed by atoms with Crippen molar-refractivity contribution in [2.45, 2.75) is 77.4 Å². The summed E-state index contributed by atoms with van der Waals surface area (Å²) in [4.78, 5) is 0. The van der Waals surface area contributed by atoms with Crippen LogP contribution in [0.2, 0.25) is 0 Å². The van der Waals surface area contributed by atoms with E-state index in [0.717, 1.165) is 38.5 Å². The van der Waals surface area contributed by atoms with Gasteiger partial charge >= 0.3 is 0 Å². The van der Waals surface area contributed by atoms with E-state index < -0.39 is 17.9 Å². The van der Waals surface area contributed by atoms with Crippen LogP contribution in [-0.2, 0) is 5.60 Å². The minimum atomic E-state index is -2.55. The number of halogens is 2. The fourth-order valence-electron chi connectivity index (χ4n) is 3.72. The lowest BCUT2D eigenvalue weighted by Gasteiger charge is -2.43. The maximum Gasteiger partial charge on any atom is 0.244 e. The molecule has 1 saturated carbocycles. The molecule has 0 radical (unpaired) electrons. The molecule has 0 spiro atoms. The van der Waals surface area contributed by atoms with E-state index in [1.54, 1.807) is 24.3 Å². The van der Waals surface area contributed by atoms with Crippen LogP contribution in [0.25, 0.3) is 0 Å². The molecule has 1 aromatic rings. The molecule has 1 fully saturated rings. The van der Waals surface area contributed by atoms with Gasteiger partial charge in [0.05, 0.1) is 12.0 Å². The maximum atomic E-state index is 13.5. The van der Waals surface area contributed by atoms with E-state index in [4.69, 9.17) is 4.74 Å². The summed E-state index contributed by atoms with van der Waals surface area (Å²) in [5, 5.41) is 11.3. The van der Waals surface area contributed by atoms with Gasteiger partial charge in [-0.3, -0.25) is 0 Å². The first-order chi connectivity index (χ1) is 11.4. The molecule has 1 aliphatic rings. The Balaban J connectivity index is 2.29. The fraction of sp³-hybridized carbons (Fsp3) is 0.700. The van der Waals surface area contributed by atoms with Gasteiger partial charge in [0.15, 0.2) is 0 Å². The highest BCUT2D eigenvalue weighted by molar-refractivity contribution is 5.32. The minimum Gasteiger partial charge on any atom is -0.491 e. The summed E-state index contributed by atoms with van der Waals surface area (Å²) < 4.78 is 32.7. The molecular formula is C20H30F2O2. The van der Waals surface area contributed by atoms with E-state index in [1.165, 1.54) is 6.92 Å². The van der Waals surface area contributed by atoms with Crippen molar-refractivity contribution < 1.29 is 18.6 Å². The molecule has 0 aromatic heterocycles. The molecule has 0 amide bonds. The van der Waals surface area contributed by atoms with Crippen molar-refractivity contribution in [3.63, 3.8) is 0 Å². The molecule has 1 aromatic carbocycles. The third-order valence-corrected chi connectivity index (χ3v) is 5.53. The number of alkyl halides is 2. The Kier molecular flexibility index (Phi) is 6.62. The van der Waals surface area contributed by atoms with Crippen molar-refractivity contribution in [3.8, 4) is 5.75 Å². The maximum absolute atomic E-state index is 13.5. The van der Waals surface area contributed by atoms with Crippen LogP contribution in [0.3, 0.4) is 0 Å². The van der Waals surface area contributed by atoms with E-state index in [-0.39, 0.29) is 12.0 Å². The Bertz CT molecular complexity index is 497. The van der Waals surface area contributed by atoms with Gasteiger partial charge in [0.25, 0.3) is 0 Å². The van der Waals surface area contributed by atoms with Crippen LogP contribution < -0.4 is 4.74 Å². The van der Waals surface area contributed by atoms with Crippen LogP contribution in [0.1, 0.15) is 64.9 Å². The second kappa shape index (κ2) is 8.28. The lowest BCUT2D eigenvalue weighted by atomic mass is 9.67. The molecule has 2 rings (SSSR count). The third-order valence-electron chi connectivity index (χ3n) is 5.53. The first-order valence-electron chi connectivity index (χ1n) is 9.17. The Morgan fingerprint density at radius 3 is 2.21 bits per heavy atom. The molecule has 136 valence electrons. The molecule has 0 saturated heterocycles. The predicted octanol–water partition coefficient (Wildman–Crippen LogP) is 5.53. The van der Waals surface area contributed by atoms with Crippen molar-refractivity contribution >= 4 is 0 Å². The fourth-order valence-corrected chi connectivity index (χ4v) is 3.72. The molecule has 1 N–H and O–H groups in total. The van der Waals surface area contributed by atoms with Gasteiger partial charge in [-0.25, -0.2) is 8.78 Å². The molecule has 3 unspecified atom stereocenters. The van der Waals surface area contributed by atoms with E-state index in [1.807, 2.05) is 13.8 Å². The highest BCUT2D eigenvalue weighted by Crippen LogP contribution is 2.46. The van der Waals surface area contributed by atoms with Crippen molar-refractivity contribution in [2.24, 2.45) is 11.8 Å². The highest BCUT2D eigenvalue weighted by Gasteiger charge is 2.46. The van der Waals surface area contributed by atoms with Gasteiger partial charge in [-0.1, -0.05) is 45.2 Å². The topological polar surface area (TPSA) is 29.5 Å². The van der Waals surface area contributed by atoms with Crippen molar-refractivity contribution in [2.75, 3.05) is 0 Å². The van der Waals surface area contributed by atoms with Gasteiger partial charge in [0.2, 0.25) is 6.43 Å². The number of benzene rings is 1. The number of ether oxygens (including phenoxy) is 1. The molecule has 2 nitrogen and oxygen atoms in total. The Morgan fingerprint density at radius 1 is 1.12 bits per heavy atom. The zero-order valence-electron chi connectivity index (χ0n) is 15.0. The Hall–Kier alpha value is -1.16. The van der Waals surface area contributed by atoms with Crippen LogP contribution >= 0.6 is 0 Å². The van der Waals surface area contributed by atoms with Crippen LogP contribution in [-0.4, -0.2) is 17.6 Å². The van der Waals surface area contributed by atoms with Crippen molar-refractivity contribution in [1.82, 2.24) is 0 Å². The molecule has 3 atom stereocenters. The number of rotatable bonds is 7. The lowest BCUT2D eigenvalue weighted by Crippen LogP contribution is -2.45. The molecule has 0 heterocycles. The van der Waals surface area contributed by atoms with Crippen LogP contribution in [0.5, 0.6) is 5.75 Å². The zero-order valence-corrected chi connectivity index (χ0v) is 15.0. The van der Waals surface area contributed by atoms with Gasteiger partial charge in [0, 0.05) is 0 Å². The molecule has 1 aliphatic carbocycles. The summed E-state index contributed by atoms with van der Waals surface area (Å²) in [6.45, 7) is 5.50. The van der Waals surface area contributed by atoms with Gasteiger partial charge in [-0.2, -0.15) is 0 Å². The first kappa shape index (κ1) is 19.2. The van der Waals surface area contributed by atoms with E-state index >= 15 is 0 Å². The average molecular weight is 340 g/mol. The van der Waals surface area contributed by atoms with Crippen LogP contribution in [0.4, 0.5) is 8.78 Å². The number of hydrogen-bond donors (Lipinski definition) is 1. The van der Waals surface area contributed by atoms with Gasteiger partial charge in [-0.05, 0) is 49.8 Å². The predicted molar refractivity (Wildman–Crippen MR) is 92.5 cm³/mol. The normalized spacial score (nSPS) is 21.3. The monoisotopic (exact) mass is 340 g/mol. The van der Waals surface area contributed by atoms with Crippen LogP contribution in [0.15, 0.2) is 24.3 Å². The number of aliphatic hydroxyl groups is 1. The molecule has 0 bridgehead atoms. The van der Waals surface area contributed by atoms with Gasteiger partial charge < -0.3 is 9.84 Å². The standard InChI is InChI=1S/C20H30F2O2/c1-4-14(2)24-18-12-10-17(11-13-18)20(23,15(3)19(21)22)16-8-6-5-7-9-16/h10-16,19,23H,4-9H2,1-3H3. The van der Waals surface area contributed by atoms with Crippen molar-refractivity contribution in [1.29, 1.82) is 0 Å². The van der Waals surface area contributed by atoms with Crippen molar-refractivity contribution in [3.05, 3.63) is 29.8 Å². The minimum absolute atomic E-state index is 0.105. The Morgan fingerprint density at radius 2 is 1.71 bits per heavy atom. The SMILES string of the molecule is CCC(C)Oc1ccc(C(O)(C2CCCCC2)C(C)C(F)F)cc1. The molecule has 4 heteroatoms. The lowest BCUT2D eigenvalue weighted by molar-refractivity contribution is -0.128. The molecular weight excluding hydrogens is 310 g/mol. The molecule has 24 heavy (non-hydrogen) atoms. The smallest absolute Gasteiger partial charge is 0.244 e. The largest absolute Gasteiger partial charge is 0.491 e. The number of hydrogen-bond acceptors (Lipinski definition) is 2.